The molecule has 24 heavy (non-hydrogen) atoms. The smallest absolute Gasteiger partial charge is 0.313 e. The summed E-state index contributed by atoms with van der Waals surface area (Å²) in [5.41, 5.74) is 2.25. The van der Waals surface area contributed by atoms with Crippen LogP contribution in [0, 0.1) is 11.8 Å². The minimum absolute atomic E-state index is 0.00320. The van der Waals surface area contributed by atoms with E-state index in [4.69, 9.17) is 14.2 Å². The third-order valence-corrected chi connectivity index (χ3v) is 6.43. The molecule has 0 spiro atoms. The third-order valence-electron chi connectivity index (χ3n) is 6.43. The van der Waals surface area contributed by atoms with E-state index < -0.39 is 0 Å². The molecule has 1 saturated carbocycles. The molecule has 4 nitrogen and oxygen atoms in total. The van der Waals surface area contributed by atoms with E-state index in [1.165, 1.54) is 5.57 Å². The van der Waals surface area contributed by atoms with E-state index in [2.05, 4.69) is 33.4 Å². The van der Waals surface area contributed by atoms with Gasteiger partial charge in [-0.3, -0.25) is 4.79 Å². The molecule has 0 aromatic heterocycles. The van der Waals surface area contributed by atoms with Gasteiger partial charge in [0.2, 0.25) is 0 Å². The summed E-state index contributed by atoms with van der Waals surface area (Å²) in [6.45, 7) is 11.1. The number of epoxide rings is 2. The van der Waals surface area contributed by atoms with Crippen molar-refractivity contribution in [2.24, 2.45) is 11.8 Å². The fourth-order valence-electron chi connectivity index (χ4n) is 4.46. The van der Waals surface area contributed by atoms with Gasteiger partial charge in [0, 0.05) is 5.92 Å². The lowest BCUT2D eigenvalue weighted by atomic mass is 9.76. The van der Waals surface area contributed by atoms with Crippen LogP contribution in [0.2, 0.25) is 0 Å². The average Bonchev–Trinajstić information content (AvgIpc) is 3.36. The molecule has 0 bridgehead atoms. The number of hydrogen-bond donors (Lipinski definition) is 0. The van der Waals surface area contributed by atoms with Crippen LogP contribution in [0.4, 0.5) is 0 Å². The molecule has 1 aliphatic carbocycles. The molecule has 4 rings (SSSR count). The molecule has 4 aliphatic rings. The predicted molar refractivity (Wildman–Crippen MR) is 90.5 cm³/mol. The zero-order valence-electron chi connectivity index (χ0n) is 15.0. The average molecular weight is 332 g/mol. The van der Waals surface area contributed by atoms with Crippen LogP contribution in [0.1, 0.15) is 52.9 Å². The van der Waals surface area contributed by atoms with Crippen molar-refractivity contribution in [3.05, 3.63) is 23.8 Å². The Hall–Kier alpha value is -1.13. The first-order valence-electron chi connectivity index (χ1n) is 9.19. The summed E-state index contributed by atoms with van der Waals surface area (Å²) < 4.78 is 17.1. The van der Waals surface area contributed by atoms with Crippen molar-refractivity contribution in [2.45, 2.75) is 76.3 Å². The Morgan fingerprint density at radius 3 is 2.71 bits per heavy atom. The molecule has 0 radical (unpaired) electrons. The van der Waals surface area contributed by atoms with Gasteiger partial charge in [0.25, 0.3) is 0 Å². The molecule has 5 atom stereocenters. The van der Waals surface area contributed by atoms with Gasteiger partial charge in [0.1, 0.15) is 6.61 Å². The maximum Gasteiger partial charge on any atom is 0.313 e. The van der Waals surface area contributed by atoms with Crippen molar-refractivity contribution in [1.29, 1.82) is 0 Å². The molecule has 1 unspecified atom stereocenters. The van der Waals surface area contributed by atoms with Crippen LogP contribution in [0.25, 0.3) is 0 Å². The zero-order chi connectivity index (χ0) is 17.1. The van der Waals surface area contributed by atoms with Gasteiger partial charge in [-0.1, -0.05) is 18.2 Å². The Labute approximate surface area is 144 Å². The minimum Gasteiger partial charge on any atom is -0.461 e. The standard InChI is InChI=1S/C20H28O4/c1-12-5-7-16-20(4,24-16)10-9-14-13(11-22-18(21)17(12)14)6-8-15-19(2,3)23-15/h6,14-17H,1,5,7-11H2,2-4H3/b13-6-/t14-,15?,16-,17+,20+/m0/s1. The van der Waals surface area contributed by atoms with Crippen LogP contribution in [0.3, 0.4) is 0 Å². The molecule has 0 aromatic carbocycles. The fraction of sp³-hybridized carbons (Fsp3) is 0.750. The highest BCUT2D eigenvalue weighted by Crippen LogP contribution is 2.49. The van der Waals surface area contributed by atoms with Gasteiger partial charge in [-0.05, 0) is 58.4 Å². The van der Waals surface area contributed by atoms with Crippen LogP contribution in [-0.4, -0.2) is 36.0 Å². The molecule has 3 aliphatic heterocycles. The normalized spacial score (nSPS) is 45.4. The van der Waals surface area contributed by atoms with Crippen LogP contribution in [0.15, 0.2) is 23.8 Å². The number of cyclic esters (lactones) is 1. The molecule has 3 heterocycles. The fourth-order valence-corrected chi connectivity index (χ4v) is 4.46. The number of carbonyl (C=O) groups is 1. The van der Waals surface area contributed by atoms with Crippen molar-refractivity contribution in [2.75, 3.05) is 6.61 Å². The third kappa shape index (κ3) is 2.84. The van der Waals surface area contributed by atoms with Crippen molar-refractivity contribution in [1.82, 2.24) is 0 Å². The van der Waals surface area contributed by atoms with Crippen LogP contribution in [0.5, 0.6) is 0 Å². The van der Waals surface area contributed by atoms with Crippen molar-refractivity contribution < 1.29 is 19.0 Å². The molecule has 4 heteroatoms. The van der Waals surface area contributed by atoms with E-state index in [1.807, 2.05) is 0 Å². The summed E-state index contributed by atoms with van der Waals surface area (Å²) in [6.07, 6.45) is 7.55. The summed E-state index contributed by atoms with van der Waals surface area (Å²) >= 11 is 0. The molecule has 3 saturated heterocycles. The summed E-state index contributed by atoms with van der Waals surface area (Å²) in [7, 11) is 0. The Morgan fingerprint density at radius 1 is 1.25 bits per heavy atom. The van der Waals surface area contributed by atoms with Gasteiger partial charge in [0.15, 0.2) is 0 Å². The number of fused-ring (bicyclic) bond motifs is 2. The van der Waals surface area contributed by atoms with E-state index in [9.17, 15) is 4.79 Å². The first kappa shape index (κ1) is 16.3. The lowest BCUT2D eigenvalue weighted by Crippen LogP contribution is -2.36. The topological polar surface area (TPSA) is 51.4 Å². The van der Waals surface area contributed by atoms with Crippen molar-refractivity contribution in [3.8, 4) is 0 Å². The Morgan fingerprint density at radius 2 is 2.00 bits per heavy atom. The minimum atomic E-state index is -0.181. The van der Waals surface area contributed by atoms with Crippen molar-refractivity contribution >= 4 is 5.97 Å². The van der Waals surface area contributed by atoms with Gasteiger partial charge < -0.3 is 14.2 Å². The first-order valence-corrected chi connectivity index (χ1v) is 9.19. The lowest BCUT2D eigenvalue weighted by molar-refractivity contribution is -0.151. The SMILES string of the molecule is C=C1CC[C@@H]2O[C@]2(C)CC[C@H]2/C(=C\CC3OC3(C)C)COC(=O)[C@H]12. The molecular weight excluding hydrogens is 304 g/mol. The number of esters is 1. The second-order valence-corrected chi connectivity index (χ2v) is 8.57. The molecular formula is C20H28O4. The van der Waals surface area contributed by atoms with Gasteiger partial charge in [-0.25, -0.2) is 0 Å². The van der Waals surface area contributed by atoms with E-state index in [-0.39, 0.29) is 35.1 Å². The largest absolute Gasteiger partial charge is 0.461 e. The van der Waals surface area contributed by atoms with E-state index in [1.54, 1.807) is 0 Å². The summed E-state index contributed by atoms with van der Waals surface area (Å²) in [4.78, 5) is 12.4. The predicted octanol–water partition coefficient (Wildman–Crippen LogP) is 3.56. The highest BCUT2D eigenvalue weighted by molar-refractivity contribution is 5.78. The molecule has 0 N–H and O–H groups in total. The van der Waals surface area contributed by atoms with E-state index in [0.717, 1.165) is 37.7 Å². The second-order valence-electron chi connectivity index (χ2n) is 8.57. The van der Waals surface area contributed by atoms with Gasteiger partial charge in [-0.15, -0.1) is 0 Å². The summed E-state index contributed by atoms with van der Waals surface area (Å²) in [5.74, 6) is -0.0635. The second kappa shape index (κ2) is 5.43. The lowest BCUT2D eigenvalue weighted by Gasteiger charge is -2.34. The summed E-state index contributed by atoms with van der Waals surface area (Å²) in [5, 5.41) is 0. The Bertz CT molecular complexity index is 605. The quantitative estimate of drug-likeness (QED) is 0.441. The number of ether oxygens (including phenoxy) is 3. The van der Waals surface area contributed by atoms with Gasteiger partial charge in [-0.2, -0.15) is 0 Å². The summed E-state index contributed by atoms with van der Waals surface area (Å²) in [6, 6.07) is 0. The molecule has 132 valence electrons. The Balaban J connectivity index is 1.55. The van der Waals surface area contributed by atoms with Crippen LogP contribution < -0.4 is 0 Å². The van der Waals surface area contributed by atoms with Crippen LogP contribution in [-0.2, 0) is 19.0 Å². The highest BCUT2D eigenvalue weighted by atomic mass is 16.6. The maximum atomic E-state index is 12.4. The van der Waals surface area contributed by atoms with E-state index in [0.29, 0.717) is 12.7 Å². The van der Waals surface area contributed by atoms with Gasteiger partial charge >= 0.3 is 5.97 Å². The van der Waals surface area contributed by atoms with Crippen LogP contribution >= 0.6 is 0 Å². The van der Waals surface area contributed by atoms with E-state index >= 15 is 0 Å². The number of carbonyl (C=O) groups excluding carboxylic acids is 1. The Kier molecular flexibility index (Phi) is 3.70. The highest BCUT2D eigenvalue weighted by Gasteiger charge is 2.53. The van der Waals surface area contributed by atoms with Crippen molar-refractivity contribution in [3.63, 3.8) is 0 Å². The maximum absolute atomic E-state index is 12.4. The molecule has 0 aromatic rings. The number of rotatable bonds is 2. The first-order chi connectivity index (χ1) is 11.3. The van der Waals surface area contributed by atoms with Gasteiger partial charge in [0.05, 0.1) is 29.3 Å². The zero-order valence-corrected chi connectivity index (χ0v) is 15.0. The monoisotopic (exact) mass is 332 g/mol. The molecule has 0 amide bonds. The number of hydrogen-bond acceptors (Lipinski definition) is 4. The molecule has 4 fully saturated rings.